The highest BCUT2D eigenvalue weighted by Crippen LogP contribution is 2.33. The van der Waals surface area contributed by atoms with Crippen LogP contribution in [0.5, 0.6) is 0 Å². The summed E-state index contributed by atoms with van der Waals surface area (Å²) in [6.45, 7) is 0. The van der Waals surface area contributed by atoms with Crippen LogP contribution in [0.2, 0.25) is 0 Å². The number of aromatic amines is 1. The van der Waals surface area contributed by atoms with Crippen molar-refractivity contribution in [1.29, 1.82) is 0 Å². The molecule has 3 N–H and O–H groups in total. The van der Waals surface area contributed by atoms with Crippen molar-refractivity contribution in [2.45, 2.75) is 14.9 Å². The largest absolute Gasteiger partial charge is 0.397 e. The number of rotatable bonds is 3. The normalized spacial score (nSPS) is 11.6. The highest BCUT2D eigenvalue weighted by molar-refractivity contribution is 7.99. The Bertz CT molecular complexity index is 622. The Morgan fingerprint density at radius 3 is 2.76 bits per heavy atom. The monoisotopic (exact) mass is 270 g/mol. The molecular weight excluding hydrogens is 260 g/mol. The van der Waals surface area contributed by atoms with Gasteiger partial charge in [-0.3, -0.25) is 5.10 Å². The van der Waals surface area contributed by atoms with Crippen molar-refractivity contribution < 1.29 is 8.42 Å². The predicted octanol–water partition coefficient (Wildman–Crippen LogP) is 0.942. The molecule has 1 aromatic heterocycles. The third-order valence-electron chi connectivity index (χ3n) is 2.03. The lowest BCUT2D eigenvalue weighted by Gasteiger charge is -2.07. The molecule has 0 saturated carbocycles. The molecule has 1 heterocycles. The minimum atomic E-state index is -3.32. The summed E-state index contributed by atoms with van der Waals surface area (Å²) in [5, 5.41) is 6.93. The quantitative estimate of drug-likeness (QED) is 0.805. The smallest absolute Gasteiger partial charge is 0.188 e. The van der Waals surface area contributed by atoms with Crippen LogP contribution in [0, 0.1) is 0 Å². The maximum Gasteiger partial charge on any atom is 0.188 e. The summed E-state index contributed by atoms with van der Waals surface area (Å²) in [5.41, 5.74) is 6.06. The molecule has 0 spiro atoms. The van der Waals surface area contributed by atoms with E-state index in [1.54, 1.807) is 12.1 Å². The summed E-state index contributed by atoms with van der Waals surface area (Å²) in [6.07, 6.45) is 2.50. The van der Waals surface area contributed by atoms with Crippen LogP contribution in [0.25, 0.3) is 0 Å². The summed E-state index contributed by atoms with van der Waals surface area (Å²) >= 11 is 1.23. The Morgan fingerprint density at radius 1 is 1.41 bits per heavy atom. The van der Waals surface area contributed by atoms with E-state index in [9.17, 15) is 8.42 Å². The summed E-state index contributed by atoms with van der Waals surface area (Å²) < 4.78 is 23.0. The Balaban J connectivity index is 2.43. The van der Waals surface area contributed by atoms with E-state index in [2.05, 4.69) is 15.2 Å². The number of sulfone groups is 1. The van der Waals surface area contributed by atoms with Gasteiger partial charge in [-0.25, -0.2) is 13.4 Å². The number of hydrogen-bond donors (Lipinski definition) is 2. The van der Waals surface area contributed by atoms with Crippen molar-refractivity contribution in [1.82, 2.24) is 15.2 Å². The first-order valence-electron chi connectivity index (χ1n) is 4.60. The van der Waals surface area contributed by atoms with E-state index in [-0.39, 0.29) is 10.6 Å². The second-order valence-corrected chi connectivity index (χ2v) is 6.35. The second-order valence-electron chi connectivity index (χ2n) is 3.33. The molecule has 0 fully saturated rings. The van der Waals surface area contributed by atoms with Crippen LogP contribution >= 0.6 is 11.8 Å². The topological polar surface area (TPSA) is 102 Å². The molecule has 0 aliphatic carbocycles. The number of nitrogens with zero attached hydrogens (tertiary/aromatic N) is 2. The van der Waals surface area contributed by atoms with Gasteiger partial charge >= 0.3 is 0 Å². The minimum absolute atomic E-state index is 0.127. The molecule has 0 radical (unpaired) electrons. The molecule has 2 rings (SSSR count). The molecule has 0 saturated heterocycles. The van der Waals surface area contributed by atoms with E-state index in [0.717, 1.165) is 6.26 Å². The van der Waals surface area contributed by atoms with E-state index in [4.69, 9.17) is 5.73 Å². The SMILES string of the molecule is CS(=O)(=O)c1cccc(Sc2ncn[nH]2)c1N. The van der Waals surface area contributed by atoms with Crippen LogP contribution in [-0.2, 0) is 9.84 Å². The van der Waals surface area contributed by atoms with Gasteiger partial charge < -0.3 is 5.73 Å². The number of para-hydroxylation sites is 1. The fourth-order valence-corrected chi connectivity index (χ4v) is 2.96. The molecule has 90 valence electrons. The zero-order chi connectivity index (χ0) is 12.5. The number of hydrogen-bond acceptors (Lipinski definition) is 6. The average molecular weight is 270 g/mol. The summed E-state index contributed by atoms with van der Waals surface area (Å²) in [6, 6.07) is 4.86. The molecule has 17 heavy (non-hydrogen) atoms. The van der Waals surface area contributed by atoms with Gasteiger partial charge in [0, 0.05) is 11.2 Å². The number of H-pyrrole nitrogens is 1. The van der Waals surface area contributed by atoms with Crippen molar-refractivity contribution in [2.24, 2.45) is 0 Å². The maximum atomic E-state index is 11.5. The molecule has 0 amide bonds. The maximum absolute atomic E-state index is 11.5. The molecule has 0 bridgehead atoms. The molecular formula is C9H10N4O2S2. The van der Waals surface area contributed by atoms with E-state index in [1.165, 1.54) is 24.2 Å². The lowest BCUT2D eigenvalue weighted by atomic mass is 10.3. The van der Waals surface area contributed by atoms with E-state index in [1.807, 2.05) is 0 Å². The zero-order valence-electron chi connectivity index (χ0n) is 8.91. The first-order valence-corrected chi connectivity index (χ1v) is 7.31. The van der Waals surface area contributed by atoms with Crippen LogP contribution in [-0.4, -0.2) is 29.9 Å². The van der Waals surface area contributed by atoms with Gasteiger partial charge in [-0.05, 0) is 23.9 Å². The number of anilines is 1. The lowest BCUT2D eigenvalue weighted by molar-refractivity contribution is 0.602. The van der Waals surface area contributed by atoms with E-state index >= 15 is 0 Å². The zero-order valence-corrected chi connectivity index (χ0v) is 10.5. The third kappa shape index (κ3) is 2.59. The van der Waals surface area contributed by atoms with Crippen LogP contribution in [0.1, 0.15) is 0 Å². The third-order valence-corrected chi connectivity index (χ3v) is 4.15. The fourth-order valence-electron chi connectivity index (χ4n) is 1.28. The first-order chi connectivity index (χ1) is 7.98. The molecule has 0 aliphatic rings. The summed E-state index contributed by atoms with van der Waals surface area (Å²) in [4.78, 5) is 4.69. The molecule has 6 nitrogen and oxygen atoms in total. The Hall–Kier alpha value is -1.54. The van der Waals surface area contributed by atoms with Crippen molar-refractivity contribution in [3.8, 4) is 0 Å². The minimum Gasteiger partial charge on any atom is -0.397 e. The molecule has 8 heteroatoms. The summed E-state index contributed by atoms with van der Waals surface area (Å²) in [5.74, 6) is 0. The highest BCUT2D eigenvalue weighted by Gasteiger charge is 2.15. The van der Waals surface area contributed by atoms with Gasteiger partial charge in [-0.2, -0.15) is 5.10 Å². The van der Waals surface area contributed by atoms with Crippen LogP contribution in [0.4, 0.5) is 5.69 Å². The number of nitrogens with two attached hydrogens (primary N) is 1. The number of nitrogens with one attached hydrogen (secondary N) is 1. The second kappa shape index (κ2) is 4.38. The van der Waals surface area contributed by atoms with Crippen molar-refractivity contribution in [2.75, 3.05) is 12.0 Å². The standard InChI is InChI=1S/C9H10N4O2S2/c1-17(14,15)7-4-2-3-6(8(7)10)16-9-11-5-12-13-9/h2-5H,10H2,1H3,(H,11,12,13). The number of benzene rings is 1. The summed E-state index contributed by atoms with van der Waals surface area (Å²) in [7, 11) is -3.32. The molecule has 0 atom stereocenters. The van der Waals surface area contributed by atoms with Gasteiger partial charge in [0.1, 0.15) is 6.33 Å². The fraction of sp³-hybridized carbons (Fsp3) is 0.111. The first kappa shape index (κ1) is 11.9. The van der Waals surface area contributed by atoms with Crippen LogP contribution < -0.4 is 5.73 Å². The molecule has 0 unspecified atom stereocenters. The van der Waals surface area contributed by atoms with Gasteiger partial charge in [0.25, 0.3) is 0 Å². The molecule has 2 aromatic rings. The van der Waals surface area contributed by atoms with Crippen molar-refractivity contribution in [3.63, 3.8) is 0 Å². The Kier molecular flexibility index (Phi) is 3.07. The van der Waals surface area contributed by atoms with Gasteiger partial charge in [0.2, 0.25) is 0 Å². The molecule has 1 aromatic carbocycles. The average Bonchev–Trinajstić information content (AvgIpc) is 2.72. The van der Waals surface area contributed by atoms with E-state index < -0.39 is 9.84 Å². The molecule has 0 aliphatic heterocycles. The van der Waals surface area contributed by atoms with Crippen molar-refractivity contribution in [3.05, 3.63) is 24.5 Å². The Morgan fingerprint density at radius 2 is 2.18 bits per heavy atom. The van der Waals surface area contributed by atoms with Gasteiger partial charge in [-0.15, -0.1) is 0 Å². The van der Waals surface area contributed by atoms with Crippen molar-refractivity contribution >= 4 is 27.3 Å². The van der Waals surface area contributed by atoms with Gasteiger partial charge in [0.15, 0.2) is 15.0 Å². The van der Waals surface area contributed by atoms with Gasteiger partial charge in [0.05, 0.1) is 10.6 Å². The van der Waals surface area contributed by atoms with Gasteiger partial charge in [-0.1, -0.05) is 6.07 Å². The van der Waals surface area contributed by atoms with E-state index in [0.29, 0.717) is 10.1 Å². The highest BCUT2D eigenvalue weighted by atomic mass is 32.2. The van der Waals surface area contributed by atoms with Crippen LogP contribution in [0.3, 0.4) is 0 Å². The lowest BCUT2D eigenvalue weighted by Crippen LogP contribution is -2.03. The van der Waals surface area contributed by atoms with Crippen LogP contribution in [0.15, 0.2) is 39.5 Å². The number of nitrogen functional groups attached to an aromatic ring is 1. The number of aromatic nitrogens is 3. The predicted molar refractivity (Wildman–Crippen MR) is 64.5 cm³/mol. The Labute approximate surface area is 103 Å².